The van der Waals surface area contributed by atoms with Gasteiger partial charge in [0.05, 0.1) is 16.8 Å². The van der Waals surface area contributed by atoms with Gasteiger partial charge in [0.2, 0.25) is 0 Å². The fourth-order valence-electron chi connectivity index (χ4n) is 9.51. The van der Waals surface area contributed by atoms with Crippen molar-refractivity contribution in [3.05, 3.63) is 252 Å². The summed E-state index contributed by atoms with van der Waals surface area (Å²) in [6.45, 7) is 0.704. The van der Waals surface area contributed by atoms with Gasteiger partial charge in [0.1, 0.15) is 0 Å². The number of fused-ring (bicyclic) bond motifs is 9. The maximum atomic E-state index is 3.43. The number of nitrogens with one attached hydrogen (secondary N) is 2. The lowest BCUT2D eigenvalue weighted by atomic mass is 9.64. The smallest absolute Gasteiger partial charge is 0.0754 e. The van der Waals surface area contributed by atoms with E-state index < -0.39 is 5.41 Å². The molecule has 2 N–H and O–H groups in total. The molecule has 0 radical (unpaired) electrons. The number of para-hydroxylation sites is 3. The van der Waals surface area contributed by atoms with E-state index in [2.05, 4.69) is 240 Å². The van der Waals surface area contributed by atoms with Crippen molar-refractivity contribution in [1.82, 2.24) is 5.43 Å². The van der Waals surface area contributed by atoms with Crippen LogP contribution in [0.4, 0.5) is 22.7 Å². The first kappa shape index (κ1) is 34.8. The first-order chi connectivity index (χ1) is 29.3. The first-order valence-electron chi connectivity index (χ1n) is 20.4. The second-order valence-corrected chi connectivity index (χ2v) is 15.5. The highest BCUT2D eigenvalue weighted by molar-refractivity contribution is 5.96. The van der Waals surface area contributed by atoms with Crippen molar-refractivity contribution < 1.29 is 0 Å². The number of nitrogens with zero attached hydrogens (tertiary/aromatic N) is 1. The van der Waals surface area contributed by atoms with Crippen molar-refractivity contribution in [2.24, 2.45) is 0 Å². The molecule has 1 aliphatic carbocycles. The van der Waals surface area contributed by atoms with E-state index in [0.717, 1.165) is 16.9 Å². The van der Waals surface area contributed by atoms with Crippen molar-refractivity contribution in [3.63, 3.8) is 0 Å². The van der Waals surface area contributed by atoms with Crippen molar-refractivity contribution in [2.45, 2.75) is 12.0 Å². The maximum Gasteiger partial charge on any atom is 0.0754 e. The molecule has 0 saturated carbocycles. The third kappa shape index (κ3) is 5.86. The van der Waals surface area contributed by atoms with E-state index in [1.165, 1.54) is 78.1 Å². The molecule has 3 nitrogen and oxygen atoms in total. The quantitative estimate of drug-likeness (QED) is 0.151. The van der Waals surface area contributed by atoms with E-state index in [1.54, 1.807) is 0 Å². The highest BCUT2D eigenvalue weighted by atomic mass is 15.3. The molecule has 11 rings (SSSR count). The molecule has 280 valence electrons. The van der Waals surface area contributed by atoms with Crippen LogP contribution in [0.5, 0.6) is 0 Å². The molecule has 0 unspecified atom stereocenters. The molecule has 1 aliphatic heterocycles. The molecule has 1 heterocycles. The van der Waals surface area contributed by atoms with Gasteiger partial charge in [-0.25, -0.2) is 5.43 Å². The van der Waals surface area contributed by atoms with Crippen LogP contribution in [-0.2, 0) is 12.0 Å². The van der Waals surface area contributed by atoms with Gasteiger partial charge in [-0.15, -0.1) is 0 Å². The highest BCUT2D eigenvalue weighted by Gasteiger charge is 2.51. The Morgan fingerprint density at radius 1 is 0.356 bits per heavy atom. The fourth-order valence-corrected chi connectivity index (χ4v) is 9.51. The summed E-state index contributed by atoms with van der Waals surface area (Å²) >= 11 is 0. The van der Waals surface area contributed by atoms with Crippen LogP contribution < -0.4 is 15.8 Å². The second kappa shape index (κ2) is 14.5. The van der Waals surface area contributed by atoms with Crippen LogP contribution in [0.2, 0.25) is 0 Å². The minimum atomic E-state index is -0.480. The highest BCUT2D eigenvalue weighted by Crippen LogP contribution is 2.63. The monoisotopic (exact) mass is 755 g/mol. The standard InChI is InChI=1S/C56H41N3/c1-3-16-40(17-4-1)43-18-13-15-39(35-43)38-57-58-46-20-14-19-44(36-46)41-29-31-42(32-30-41)45-33-34-49-48-23-7-8-24-50(48)56(53(49)37-45)51-25-9-11-27-54(51)59(47-21-5-2-6-22-47)55-28-12-10-26-52(55)56/h1-37,57-58H,38H2. The maximum absolute atomic E-state index is 3.43. The summed E-state index contributed by atoms with van der Waals surface area (Å²) in [5.41, 5.74) is 27.2. The predicted molar refractivity (Wildman–Crippen MR) is 245 cm³/mol. The second-order valence-electron chi connectivity index (χ2n) is 15.5. The molecule has 0 saturated heterocycles. The van der Waals surface area contributed by atoms with E-state index >= 15 is 0 Å². The van der Waals surface area contributed by atoms with Gasteiger partial charge >= 0.3 is 0 Å². The Bertz CT molecular complexity index is 2920. The minimum Gasteiger partial charge on any atom is -0.321 e. The van der Waals surface area contributed by atoms with Crippen molar-refractivity contribution >= 4 is 22.7 Å². The van der Waals surface area contributed by atoms with Crippen LogP contribution in [0.1, 0.15) is 27.8 Å². The topological polar surface area (TPSA) is 27.3 Å². The molecule has 0 amide bonds. The van der Waals surface area contributed by atoms with Crippen molar-refractivity contribution in [1.29, 1.82) is 0 Å². The number of rotatable bonds is 8. The zero-order valence-corrected chi connectivity index (χ0v) is 32.5. The van der Waals surface area contributed by atoms with Crippen LogP contribution in [0.25, 0.3) is 44.5 Å². The lowest BCUT2D eigenvalue weighted by Gasteiger charge is -2.45. The number of benzene rings is 9. The van der Waals surface area contributed by atoms with E-state index in [9.17, 15) is 0 Å². The molecule has 0 aromatic heterocycles. The Hall–Kier alpha value is -7.46. The molecule has 3 heteroatoms. The van der Waals surface area contributed by atoms with Gasteiger partial charge in [-0.1, -0.05) is 176 Å². The summed E-state index contributed by atoms with van der Waals surface area (Å²) < 4.78 is 0. The molecule has 9 aromatic rings. The summed E-state index contributed by atoms with van der Waals surface area (Å²) in [6, 6.07) is 81.7. The molecule has 59 heavy (non-hydrogen) atoms. The molecule has 0 atom stereocenters. The van der Waals surface area contributed by atoms with E-state index in [4.69, 9.17) is 0 Å². The molecule has 0 bridgehead atoms. The van der Waals surface area contributed by atoms with Crippen LogP contribution in [0.3, 0.4) is 0 Å². The van der Waals surface area contributed by atoms with Crippen LogP contribution in [0.15, 0.2) is 224 Å². The third-order valence-electron chi connectivity index (χ3n) is 12.1. The summed E-state index contributed by atoms with van der Waals surface area (Å²) in [7, 11) is 0. The number of hydrogen-bond donors (Lipinski definition) is 2. The van der Waals surface area contributed by atoms with E-state index in [-0.39, 0.29) is 0 Å². The van der Waals surface area contributed by atoms with Gasteiger partial charge in [0, 0.05) is 17.9 Å². The van der Waals surface area contributed by atoms with Gasteiger partial charge in [-0.3, -0.25) is 0 Å². The molecule has 0 fully saturated rings. The fraction of sp³-hybridized carbons (Fsp3) is 0.0357. The average Bonchev–Trinajstić information content (AvgIpc) is 3.60. The number of hydrazine groups is 1. The van der Waals surface area contributed by atoms with E-state index in [0.29, 0.717) is 6.54 Å². The SMILES string of the molecule is c1ccc(-c2cccc(CNNc3cccc(-c4ccc(-c5ccc6c(c5)C5(c7ccccc7-6)c6ccccc6N(c6ccccc6)c6ccccc65)cc4)c3)c2)cc1. The van der Waals surface area contributed by atoms with Crippen LogP contribution in [-0.4, -0.2) is 0 Å². The lowest BCUT2D eigenvalue weighted by Crippen LogP contribution is -2.36. The Kier molecular flexibility index (Phi) is 8.53. The average molecular weight is 756 g/mol. The summed E-state index contributed by atoms with van der Waals surface area (Å²) in [6.07, 6.45) is 0. The molecule has 1 spiro atoms. The first-order valence-corrected chi connectivity index (χ1v) is 20.4. The lowest BCUT2D eigenvalue weighted by molar-refractivity contribution is 0.753. The molecule has 2 aliphatic rings. The number of anilines is 4. The van der Waals surface area contributed by atoms with Gasteiger partial charge in [0.15, 0.2) is 0 Å². The Balaban J connectivity index is 0.916. The Morgan fingerprint density at radius 3 is 1.58 bits per heavy atom. The molecular formula is C56H41N3. The zero-order chi connectivity index (χ0) is 39.2. The van der Waals surface area contributed by atoms with Crippen molar-refractivity contribution in [2.75, 3.05) is 10.3 Å². The number of hydrogen-bond acceptors (Lipinski definition) is 3. The molecule has 9 aromatic carbocycles. The largest absolute Gasteiger partial charge is 0.321 e. The Labute approximate surface area is 345 Å². The van der Waals surface area contributed by atoms with Crippen LogP contribution >= 0.6 is 0 Å². The van der Waals surface area contributed by atoms with Gasteiger partial charge in [0.25, 0.3) is 0 Å². The minimum absolute atomic E-state index is 0.480. The van der Waals surface area contributed by atoms with Crippen LogP contribution in [0, 0.1) is 0 Å². The zero-order valence-electron chi connectivity index (χ0n) is 32.5. The van der Waals surface area contributed by atoms with Gasteiger partial charge in [-0.2, -0.15) is 0 Å². The predicted octanol–water partition coefficient (Wildman–Crippen LogP) is 14.0. The molecular weight excluding hydrogens is 715 g/mol. The third-order valence-corrected chi connectivity index (χ3v) is 12.1. The summed E-state index contributed by atoms with van der Waals surface area (Å²) in [5, 5.41) is 0. The summed E-state index contributed by atoms with van der Waals surface area (Å²) in [4.78, 5) is 2.44. The van der Waals surface area contributed by atoms with Gasteiger partial charge in [-0.05, 0) is 121 Å². The summed E-state index contributed by atoms with van der Waals surface area (Å²) in [5.74, 6) is 0. The normalized spacial score (nSPS) is 13.0. The van der Waals surface area contributed by atoms with Crippen molar-refractivity contribution in [3.8, 4) is 44.5 Å². The van der Waals surface area contributed by atoms with Gasteiger partial charge < -0.3 is 10.3 Å². The Morgan fingerprint density at radius 2 is 0.864 bits per heavy atom. The van der Waals surface area contributed by atoms with E-state index in [1.807, 2.05) is 0 Å².